The topological polar surface area (TPSA) is 292 Å². The molecule has 7 rings (SSSR count). The van der Waals surface area contributed by atoms with Gasteiger partial charge in [-0.05, 0) is 30.3 Å². The van der Waals surface area contributed by atoms with E-state index >= 15 is 0 Å². The predicted octanol–water partition coefficient (Wildman–Crippen LogP) is -8.52. The quantitative estimate of drug-likeness (QED) is 0.0563. The molecular weight excluding hydrogens is 855 g/mol. The van der Waals surface area contributed by atoms with E-state index in [0.29, 0.717) is 0 Å². The van der Waals surface area contributed by atoms with E-state index in [2.05, 4.69) is 4.98 Å². The molecule has 0 saturated heterocycles. The minimum atomic E-state index is -5.44. The van der Waals surface area contributed by atoms with Gasteiger partial charge in [0.25, 0.3) is 41.6 Å². The van der Waals surface area contributed by atoms with Crippen LogP contribution in [0.4, 0.5) is 0 Å². The van der Waals surface area contributed by atoms with Gasteiger partial charge in [-0.3, -0.25) is 0 Å². The number of fused-ring (bicyclic) bond motifs is 5. The maximum Gasteiger partial charge on any atom is 1.00 e. The fourth-order valence-corrected chi connectivity index (χ4v) is 7.18. The average Bonchev–Trinajstić information content (AvgIpc) is 3.44. The summed E-state index contributed by atoms with van der Waals surface area (Å²) in [5, 5.41) is -1.47. The van der Waals surface area contributed by atoms with E-state index in [9.17, 15) is 51.9 Å². The van der Waals surface area contributed by atoms with Gasteiger partial charge in [0.15, 0.2) is 28.6 Å². The van der Waals surface area contributed by atoms with Crippen molar-refractivity contribution in [3.8, 4) is 34.5 Å². The normalized spacial score (nSPS) is 12.0. The maximum atomic E-state index is 11.8. The van der Waals surface area contributed by atoms with Gasteiger partial charge in [0.2, 0.25) is 5.89 Å². The van der Waals surface area contributed by atoms with Gasteiger partial charge in [-0.2, -0.15) is 0 Å². The number of hydrogen-bond acceptors (Lipinski definition) is 18. The van der Waals surface area contributed by atoms with Gasteiger partial charge in [0.05, 0.1) is 0 Å². The third kappa shape index (κ3) is 10.5. The molecule has 26 heteroatoms. The van der Waals surface area contributed by atoms with Gasteiger partial charge in [-0.15, -0.1) is 0 Å². The molecular formula is C29H13NNa4O17S4. The van der Waals surface area contributed by atoms with Crippen LogP contribution in [0.3, 0.4) is 0 Å². The van der Waals surface area contributed by atoms with Gasteiger partial charge in [0.1, 0.15) is 5.52 Å². The molecule has 7 aromatic rings. The molecule has 18 nitrogen and oxygen atoms in total. The smallest absolute Gasteiger partial charge is 0.716 e. The Balaban J connectivity index is 0.00000203. The third-order valence-electron chi connectivity index (χ3n) is 7.35. The molecule has 0 unspecified atom stereocenters. The Kier molecular flexibility index (Phi) is 15.3. The molecule has 6 aromatic carbocycles. The molecule has 0 bridgehead atoms. The minimum Gasteiger partial charge on any atom is -0.716 e. The van der Waals surface area contributed by atoms with Crippen molar-refractivity contribution in [2.24, 2.45) is 0 Å². The zero-order valence-electron chi connectivity index (χ0n) is 28.5. The third-order valence-corrected chi connectivity index (χ3v) is 8.83. The molecule has 264 valence electrons. The first-order valence-corrected chi connectivity index (χ1v) is 19.0. The monoisotopic (exact) mass is 867 g/mol. The first kappa shape index (κ1) is 48.0. The van der Waals surface area contributed by atoms with E-state index in [4.69, 9.17) is 21.1 Å². The largest absolute Gasteiger partial charge is 1.00 e. The Morgan fingerprint density at radius 2 is 0.764 bits per heavy atom. The fourth-order valence-electron chi connectivity index (χ4n) is 5.64. The summed E-state index contributed by atoms with van der Waals surface area (Å²) in [6.45, 7) is 0. The zero-order chi connectivity index (χ0) is 36.7. The Labute approximate surface area is 399 Å². The van der Waals surface area contributed by atoms with Crippen LogP contribution in [0.15, 0.2) is 83.3 Å². The number of aromatic nitrogens is 1. The number of oxazole rings is 1. The van der Waals surface area contributed by atoms with Crippen molar-refractivity contribution in [3.63, 3.8) is 0 Å². The van der Waals surface area contributed by atoms with Crippen molar-refractivity contribution in [1.29, 1.82) is 0 Å². The molecule has 0 N–H and O–H groups in total. The molecule has 0 aliphatic carbocycles. The van der Waals surface area contributed by atoms with Crippen LogP contribution in [0.2, 0.25) is 0 Å². The zero-order valence-corrected chi connectivity index (χ0v) is 39.8. The van der Waals surface area contributed by atoms with E-state index in [-0.39, 0.29) is 184 Å². The van der Waals surface area contributed by atoms with Gasteiger partial charge < -0.3 is 39.4 Å². The first-order valence-electron chi connectivity index (χ1n) is 13.6. The molecule has 0 atom stereocenters. The summed E-state index contributed by atoms with van der Waals surface area (Å²) in [5.41, 5.74) is -0.171. The van der Waals surface area contributed by atoms with Gasteiger partial charge in [-0.25, -0.2) is 38.7 Å². The van der Waals surface area contributed by atoms with Crippen molar-refractivity contribution in [2.75, 3.05) is 0 Å². The first-order chi connectivity index (χ1) is 23.7. The molecule has 1 heterocycles. The van der Waals surface area contributed by atoms with Crippen LogP contribution in [0.25, 0.3) is 65.6 Å². The summed E-state index contributed by atoms with van der Waals surface area (Å²) in [4.78, 5) is 4.34. The van der Waals surface area contributed by atoms with E-state index < -0.39 is 64.6 Å². The molecule has 55 heavy (non-hydrogen) atoms. The number of hydrogen-bond donors (Lipinski definition) is 0. The van der Waals surface area contributed by atoms with Crippen LogP contribution < -0.4 is 135 Å². The fraction of sp³-hybridized carbons (Fsp3) is 0. The van der Waals surface area contributed by atoms with E-state index in [1.54, 1.807) is 0 Å². The standard InChI is InChI=1S/C29H17NO17S4.4Na/c31-48(32,33)44-25-15-5-1-2-6-16(15)26(45-49(34,35)36)20-11-14(9-10-19(20)25)29-30-23-12-21-22(13-24(23)43-29)28(47-51(40,41)42)18-8-4-3-7-17(18)27(21)46-50(37,38)39;;;;/h1-13H,(H,31,32,33)(H,34,35,36)(H,37,38,39)(H,40,41,42);;;;/q;4*+1/p-4. The summed E-state index contributed by atoms with van der Waals surface area (Å²) < 4.78 is 166. The summed E-state index contributed by atoms with van der Waals surface area (Å²) in [7, 11) is -21.7. The van der Waals surface area contributed by atoms with Crippen LogP contribution in [0, 0.1) is 0 Å². The molecule has 0 aliphatic heterocycles. The Morgan fingerprint density at radius 1 is 0.436 bits per heavy atom. The summed E-state index contributed by atoms with van der Waals surface area (Å²) in [5.74, 6) is -2.47. The van der Waals surface area contributed by atoms with E-state index in [1.165, 1.54) is 66.7 Å². The van der Waals surface area contributed by atoms with Crippen molar-refractivity contribution < 1.29 is 191 Å². The van der Waals surface area contributed by atoms with E-state index in [0.717, 1.165) is 12.1 Å². The van der Waals surface area contributed by atoms with Gasteiger partial charge >= 0.3 is 118 Å². The Morgan fingerprint density at radius 3 is 1.15 bits per heavy atom. The van der Waals surface area contributed by atoms with E-state index in [1.807, 2.05) is 0 Å². The Hall–Kier alpha value is -1.33. The second kappa shape index (κ2) is 17.5. The average molecular weight is 868 g/mol. The van der Waals surface area contributed by atoms with Crippen LogP contribution in [0.1, 0.15) is 0 Å². The molecule has 1 aromatic heterocycles. The minimum absolute atomic E-state index is 0. The predicted molar refractivity (Wildman–Crippen MR) is 171 cm³/mol. The van der Waals surface area contributed by atoms with Crippen LogP contribution in [-0.2, 0) is 41.6 Å². The van der Waals surface area contributed by atoms with Gasteiger partial charge in [-0.1, -0.05) is 48.5 Å². The molecule has 0 radical (unpaired) electrons. The van der Waals surface area contributed by atoms with Crippen molar-refractivity contribution in [2.45, 2.75) is 0 Å². The summed E-state index contributed by atoms with van der Waals surface area (Å²) >= 11 is 0. The van der Waals surface area contributed by atoms with Crippen LogP contribution >= 0.6 is 0 Å². The second-order valence-electron chi connectivity index (χ2n) is 10.5. The molecule has 0 aliphatic rings. The number of rotatable bonds is 9. The summed E-state index contributed by atoms with van der Waals surface area (Å²) in [6.07, 6.45) is 0. The Bertz CT molecular complexity index is 3000. The van der Waals surface area contributed by atoms with Gasteiger partial charge in [0, 0.05) is 48.7 Å². The van der Waals surface area contributed by atoms with Crippen molar-refractivity contribution in [3.05, 3.63) is 78.9 Å². The second-order valence-corrected chi connectivity index (χ2v) is 14.5. The molecule has 0 spiro atoms. The number of benzene rings is 6. The number of nitrogens with zero attached hydrogens (tertiary/aromatic N) is 1. The maximum absolute atomic E-state index is 11.8. The SMILES string of the molecule is O=S(=O)([O-])Oc1c2ccccc2c(OS(=O)(=O)[O-])c2cc(-c3nc4cc5c(OS(=O)(=O)[O-])c6ccccc6c(OS(=O)(=O)[O-])c5cc4o3)ccc12.[Na+].[Na+].[Na+].[Na+]. The summed E-state index contributed by atoms with van der Waals surface area (Å²) in [6, 6.07) is 16.6. The van der Waals surface area contributed by atoms with Crippen LogP contribution in [0.5, 0.6) is 23.0 Å². The molecule has 0 amide bonds. The van der Waals surface area contributed by atoms with Crippen molar-refractivity contribution in [1.82, 2.24) is 4.98 Å². The molecule has 0 saturated carbocycles. The van der Waals surface area contributed by atoms with Crippen LogP contribution in [-0.4, -0.2) is 56.9 Å². The van der Waals surface area contributed by atoms with Crippen molar-refractivity contribution >= 4 is 95.8 Å². The molecule has 0 fully saturated rings.